The first-order chi connectivity index (χ1) is 9.11. The SMILES string of the molecule is CCc1cnccc1C(O)Cc1ccc(Cl)cc1Cl. The molecule has 2 rings (SSSR count). The van der Waals surface area contributed by atoms with Crippen LogP contribution in [0.3, 0.4) is 0 Å². The number of rotatable bonds is 4. The lowest BCUT2D eigenvalue weighted by molar-refractivity contribution is 0.177. The van der Waals surface area contributed by atoms with Gasteiger partial charge in [0.25, 0.3) is 0 Å². The fourth-order valence-corrected chi connectivity index (χ4v) is 2.55. The predicted molar refractivity (Wildman–Crippen MR) is 78.7 cm³/mol. The van der Waals surface area contributed by atoms with E-state index in [2.05, 4.69) is 4.98 Å². The van der Waals surface area contributed by atoms with Crippen molar-refractivity contribution in [1.29, 1.82) is 0 Å². The smallest absolute Gasteiger partial charge is 0.0834 e. The molecule has 0 aliphatic carbocycles. The number of pyridine rings is 1. The van der Waals surface area contributed by atoms with E-state index in [0.717, 1.165) is 23.1 Å². The first-order valence-corrected chi connectivity index (χ1v) is 6.92. The fraction of sp³-hybridized carbons (Fsp3) is 0.267. The lowest BCUT2D eigenvalue weighted by Crippen LogP contribution is -2.06. The van der Waals surface area contributed by atoms with Crippen LogP contribution in [0.4, 0.5) is 0 Å². The second kappa shape index (κ2) is 6.38. The minimum absolute atomic E-state index is 0.465. The van der Waals surface area contributed by atoms with Gasteiger partial charge in [-0.1, -0.05) is 36.2 Å². The predicted octanol–water partition coefficient (Wildman–Crippen LogP) is 4.23. The van der Waals surface area contributed by atoms with E-state index in [-0.39, 0.29) is 0 Å². The number of aryl methyl sites for hydroxylation is 1. The molecule has 1 N–H and O–H groups in total. The molecule has 1 aromatic heterocycles. The van der Waals surface area contributed by atoms with Gasteiger partial charge in [0.05, 0.1) is 6.10 Å². The van der Waals surface area contributed by atoms with Crippen LogP contribution in [-0.2, 0) is 12.8 Å². The summed E-state index contributed by atoms with van der Waals surface area (Å²) in [6.45, 7) is 2.04. The molecular weight excluding hydrogens is 281 g/mol. The van der Waals surface area contributed by atoms with E-state index in [1.807, 2.05) is 19.1 Å². The molecule has 0 saturated carbocycles. The third-order valence-electron chi connectivity index (χ3n) is 3.11. The van der Waals surface area contributed by atoms with Crippen LogP contribution in [0.5, 0.6) is 0 Å². The van der Waals surface area contributed by atoms with Gasteiger partial charge in [-0.25, -0.2) is 0 Å². The molecule has 0 saturated heterocycles. The molecule has 0 aliphatic rings. The number of aromatic nitrogens is 1. The van der Waals surface area contributed by atoms with Crippen LogP contribution in [0.25, 0.3) is 0 Å². The Balaban J connectivity index is 2.23. The number of halogens is 2. The Kier molecular flexibility index (Phi) is 4.81. The Morgan fingerprint density at radius 1 is 1.21 bits per heavy atom. The summed E-state index contributed by atoms with van der Waals surface area (Å²) in [7, 11) is 0. The molecule has 1 aromatic carbocycles. The highest BCUT2D eigenvalue weighted by Crippen LogP contribution is 2.27. The van der Waals surface area contributed by atoms with Crippen molar-refractivity contribution < 1.29 is 5.11 Å². The Hall–Kier alpha value is -1.09. The summed E-state index contributed by atoms with van der Waals surface area (Å²) in [6, 6.07) is 7.18. The molecule has 2 aromatic rings. The van der Waals surface area contributed by atoms with Gasteiger partial charge in [0.1, 0.15) is 0 Å². The molecule has 0 amide bonds. The van der Waals surface area contributed by atoms with Crippen LogP contribution in [0, 0.1) is 0 Å². The summed E-state index contributed by atoms with van der Waals surface area (Å²) < 4.78 is 0. The summed E-state index contributed by atoms with van der Waals surface area (Å²) in [5.74, 6) is 0. The highest BCUT2D eigenvalue weighted by Gasteiger charge is 2.14. The normalized spacial score (nSPS) is 12.4. The van der Waals surface area contributed by atoms with Gasteiger partial charge in [0.15, 0.2) is 0 Å². The lowest BCUT2D eigenvalue weighted by atomic mass is 9.97. The first kappa shape index (κ1) is 14.3. The van der Waals surface area contributed by atoms with Crippen molar-refractivity contribution in [1.82, 2.24) is 4.98 Å². The molecule has 100 valence electrons. The second-order valence-corrected chi connectivity index (χ2v) is 5.23. The van der Waals surface area contributed by atoms with E-state index in [0.29, 0.717) is 16.5 Å². The van der Waals surface area contributed by atoms with E-state index >= 15 is 0 Å². The number of nitrogens with zero attached hydrogens (tertiary/aromatic N) is 1. The van der Waals surface area contributed by atoms with Crippen molar-refractivity contribution >= 4 is 23.2 Å². The fourth-order valence-electron chi connectivity index (χ4n) is 2.06. The van der Waals surface area contributed by atoms with E-state index in [1.165, 1.54) is 0 Å². The number of benzene rings is 1. The highest BCUT2D eigenvalue weighted by atomic mass is 35.5. The maximum atomic E-state index is 10.4. The number of hydrogen-bond donors (Lipinski definition) is 1. The van der Waals surface area contributed by atoms with Gasteiger partial charge >= 0.3 is 0 Å². The summed E-state index contributed by atoms with van der Waals surface area (Å²) in [4.78, 5) is 4.08. The zero-order chi connectivity index (χ0) is 13.8. The third kappa shape index (κ3) is 3.47. The Morgan fingerprint density at radius 2 is 2.00 bits per heavy atom. The Labute approximate surface area is 123 Å². The molecule has 0 aliphatic heterocycles. The molecule has 4 heteroatoms. The Bertz CT molecular complexity index is 572. The standard InChI is InChI=1S/C15H15Cl2NO/c1-2-10-9-18-6-5-13(10)15(19)7-11-3-4-12(16)8-14(11)17/h3-6,8-9,15,19H,2,7H2,1H3. The summed E-state index contributed by atoms with van der Waals surface area (Å²) in [5, 5.41) is 11.5. The largest absolute Gasteiger partial charge is 0.388 e. The molecule has 0 fully saturated rings. The number of aliphatic hydroxyl groups is 1. The molecule has 1 unspecified atom stereocenters. The third-order valence-corrected chi connectivity index (χ3v) is 3.70. The number of hydrogen-bond acceptors (Lipinski definition) is 2. The molecule has 1 heterocycles. The van der Waals surface area contributed by atoms with Crippen LogP contribution in [0.2, 0.25) is 10.0 Å². The summed E-state index contributed by atoms with van der Waals surface area (Å²) in [5.41, 5.74) is 2.85. The minimum Gasteiger partial charge on any atom is -0.388 e. The van der Waals surface area contributed by atoms with E-state index in [4.69, 9.17) is 23.2 Å². The van der Waals surface area contributed by atoms with Crippen molar-refractivity contribution in [2.75, 3.05) is 0 Å². The Morgan fingerprint density at radius 3 is 2.68 bits per heavy atom. The van der Waals surface area contributed by atoms with Crippen molar-refractivity contribution in [3.8, 4) is 0 Å². The van der Waals surface area contributed by atoms with Gasteiger partial charge in [0.2, 0.25) is 0 Å². The maximum Gasteiger partial charge on any atom is 0.0834 e. The molecule has 1 atom stereocenters. The topological polar surface area (TPSA) is 33.1 Å². The minimum atomic E-state index is -0.586. The van der Waals surface area contributed by atoms with Crippen molar-refractivity contribution in [2.24, 2.45) is 0 Å². The van der Waals surface area contributed by atoms with Crippen LogP contribution in [0.1, 0.15) is 29.7 Å². The van der Waals surface area contributed by atoms with Gasteiger partial charge < -0.3 is 5.11 Å². The quantitative estimate of drug-likeness (QED) is 0.916. The summed E-state index contributed by atoms with van der Waals surface area (Å²) in [6.07, 6.45) is 4.21. The molecule has 0 bridgehead atoms. The molecule has 19 heavy (non-hydrogen) atoms. The van der Waals surface area contributed by atoms with E-state index in [9.17, 15) is 5.11 Å². The highest BCUT2D eigenvalue weighted by molar-refractivity contribution is 6.35. The monoisotopic (exact) mass is 295 g/mol. The zero-order valence-corrected chi connectivity index (χ0v) is 12.1. The van der Waals surface area contributed by atoms with Crippen molar-refractivity contribution in [2.45, 2.75) is 25.9 Å². The number of aliphatic hydroxyl groups excluding tert-OH is 1. The van der Waals surface area contributed by atoms with E-state index < -0.39 is 6.10 Å². The van der Waals surface area contributed by atoms with Gasteiger partial charge in [0, 0.05) is 28.9 Å². The molecule has 2 nitrogen and oxygen atoms in total. The molecule has 0 radical (unpaired) electrons. The molecule has 0 spiro atoms. The first-order valence-electron chi connectivity index (χ1n) is 6.16. The van der Waals surface area contributed by atoms with E-state index in [1.54, 1.807) is 24.5 Å². The van der Waals surface area contributed by atoms with Gasteiger partial charge in [-0.15, -0.1) is 0 Å². The second-order valence-electron chi connectivity index (χ2n) is 4.38. The van der Waals surface area contributed by atoms with Crippen LogP contribution >= 0.6 is 23.2 Å². The van der Waals surface area contributed by atoms with Gasteiger partial charge in [-0.3, -0.25) is 4.98 Å². The average Bonchev–Trinajstić information content (AvgIpc) is 2.41. The van der Waals surface area contributed by atoms with Crippen molar-refractivity contribution in [3.05, 3.63) is 63.4 Å². The van der Waals surface area contributed by atoms with Crippen LogP contribution in [-0.4, -0.2) is 10.1 Å². The van der Waals surface area contributed by atoms with Crippen LogP contribution in [0.15, 0.2) is 36.7 Å². The molecular formula is C15H15Cl2NO. The van der Waals surface area contributed by atoms with Gasteiger partial charge in [-0.2, -0.15) is 0 Å². The summed E-state index contributed by atoms with van der Waals surface area (Å²) >= 11 is 12.0. The van der Waals surface area contributed by atoms with Crippen molar-refractivity contribution in [3.63, 3.8) is 0 Å². The average molecular weight is 296 g/mol. The maximum absolute atomic E-state index is 10.4. The lowest BCUT2D eigenvalue weighted by Gasteiger charge is -2.15. The van der Waals surface area contributed by atoms with Gasteiger partial charge in [-0.05, 0) is 41.3 Å². The van der Waals surface area contributed by atoms with Crippen LogP contribution < -0.4 is 0 Å². The zero-order valence-electron chi connectivity index (χ0n) is 10.6.